The van der Waals surface area contributed by atoms with Crippen LogP contribution in [0.25, 0.3) is 11.0 Å². The normalized spacial score (nSPS) is 11.0. The van der Waals surface area contributed by atoms with Crippen LogP contribution in [0.5, 0.6) is 0 Å². The first-order chi connectivity index (χ1) is 11.5. The quantitative estimate of drug-likeness (QED) is 0.785. The molecule has 24 heavy (non-hydrogen) atoms. The predicted molar refractivity (Wildman–Crippen MR) is 97.0 cm³/mol. The Labute approximate surface area is 142 Å². The van der Waals surface area contributed by atoms with Crippen molar-refractivity contribution in [3.05, 3.63) is 65.0 Å². The molecular weight excluding hydrogens is 298 g/mol. The van der Waals surface area contributed by atoms with Crippen molar-refractivity contribution in [2.75, 3.05) is 6.54 Å². The molecule has 0 aliphatic heterocycles. The molecule has 1 aromatic heterocycles. The van der Waals surface area contributed by atoms with Gasteiger partial charge in [0.25, 0.3) is 0 Å². The third-order valence-corrected chi connectivity index (χ3v) is 4.35. The Bertz CT molecular complexity index is 880. The van der Waals surface area contributed by atoms with Crippen LogP contribution in [0.3, 0.4) is 0 Å². The highest BCUT2D eigenvalue weighted by atomic mass is 16.1. The van der Waals surface area contributed by atoms with Crippen molar-refractivity contribution in [3.8, 4) is 0 Å². The highest BCUT2D eigenvalue weighted by molar-refractivity contribution is 5.79. The molecule has 0 spiro atoms. The van der Waals surface area contributed by atoms with Gasteiger partial charge in [-0.1, -0.05) is 35.9 Å². The maximum atomic E-state index is 12.0. The molecule has 0 atom stereocenters. The number of carbonyl (C=O) groups excluding carboxylic acids is 1. The lowest BCUT2D eigenvalue weighted by Gasteiger charge is -2.06. The minimum atomic E-state index is 0.0651. The van der Waals surface area contributed by atoms with Crippen LogP contribution >= 0.6 is 0 Å². The average Bonchev–Trinajstić information content (AvgIpc) is 2.81. The Hall–Kier alpha value is -2.62. The van der Waals surface area contributed by atoms with E-state index in [4.69, 9.17) is 0 Å². The monoisotopic (exact) mass is 321 g/mol. The average molecular weight is 321 g/mol. The van der Waals surface area contributed by atoms with E-state index in [0.29, 0.717) is 13.0 Å². The lowest BCUT2D eigenvalue weighted by molar-refractivity contribution is -0.120. The van der Waals surface area contributed by atoms with Crippen LogP contribution in [0.1, 0.15) is 22.5 Å². The van der Waals surface area contributed by atoms with Crippen molar-refractivity contribution < 1.29 is 4.79 Å². The molecule has 2 aromatic carbocycles. The fraction of sp³-hybridized carbons (Fsp3) is 0.300. The number of nitrogens with zero attached hydrogens (tertiary/aromatic N) is 2. The van der Waals surface area contributed by atoms with Gasteiger partial charge in [-0.2, -0.15) is 0 Å². The predicted octanol–water partition coefficient (Wildman–Crippen LogP) is 3.09. The first kappa shape index (κ1) is 16.2. The highest BCUT2D eigenvalue weighted by Gasteiger charge is 2.06. The van der Waals surface area contributed by atoms with E-state index >= 15 is 0 Å². The number of aromatic nitrogens is 2. The number of imidazole rings is 1. The lowest BCUT2D eigenvalue weighted by atomic mass is 10.1. The number of amides is 1. The fourth-order valence-electron chi connectivity index (χ4n) is 2.94. The van der Waals surface area contributed by atoms with Gasteiger partial charge in [0.2, 0.25) is 5.91 Å². The molecule has 4 heteroatoms. The van der Waals surface area contributed by atoms with Crippen LogP contribution in [0.2, 0.25) is 0 Å². The van der Waals surface area contributed by atoms with Gasteiger partial charge in [0.15, 0.2) is 0 Å². The molecule has 1 amide bonds. The largest absolute Gasteiger partial charge is 0.355 e. The molecule has 0 fully saturated rings. The molecule has 4 nitrogen and oxygen atoms in total. The summed E-state index contributed by atoms with van der Waals surface area (Å²) in [7, 11) is 2.02. The number of aryl methyl sites for hydroxylation is 3. The van der Waals surface area contributed by atoms with Gasteiger partial charge in [-0.15, -0.1) is 0 Å². The van der Waals surface area contributed by atoms with Gasteiger partial charge < -0.3 is 9.88 Å². The molecule has 0 saturated heterocycles. The van der Waals surface area contributed by atoms with Crippen molar-refractivity contribution >= 4 is 16.9 Å². The van der Waals surface area contributed by atoms with E-state index in [1.165, 1.54) is 11.1 Å². The first-order valence-corrected chi connectivity index (χ1v) is 8.27. The summed E-state index contributed by atoms with van der Waals surface area (Å²) in [5.74, 6) is 1.07. The van der Waals surface area contributed by atoms with E-state index in [-0.39, 0.29) is 5.91 Å². The summed E-state index contributed by atoms with van der Waals surface area (Å²) < 4.78 is 2.09. The Morgan fingerprint density at radius 1 is 1.12 bits per heavy atom. The summed E-state index contributed by atoms with van der Waals surface area (Å²) in [6.45, 7) is 4.68. The van der Waals surface area contributed by atoms with Gasteiger partial charge in [0.05, 0.1) is 17.5 Å². The molecule has 0 aliphatic rings. The number of nitrogens with one attached hydrogen (secondary N) is 1. The molecule has 124 valence electrons. The standard InChI is InChI=1S/C20H23N3O/c1-14-5-4-6-17(11-14)13-20(24)21-10-9-16-7-8-19-18(12-16)22-15(2)23(19)3/h4-8,11-12H,9-10,13H2,1-3H3,(H,21,24). The van der Waals surface area contributed by atoms with Gasteiger partial charge in [-0.3, -0.25) is 4.79 Å². The second kappa shape index (κ2) is 6.87. The second-order valence-corrected chi connectivity index (χ2v) is 6.31. The Morgan fingerprint density at radius 3 is 2.75 bits per heavy atom. The van der Waals surface area contributed by atoms with E-state index in [1.807, 2.05) is 39.1 Å². The Kier molecular flexibility index (Phi) is 4.65. The van der Waals surface area contributed by atoms with Crippen LogP contribution < -0.4 is 5.32 Å². The van der Waals surface area contributed by atoms with E-state index in [0.717, 1.165) is 28.8 Å². The highest BCUT2D eigenvalue weighted by Crippen LogP contribution is 2.16. The van der Waals surface area contributed by atoms with Gasteiger partial charge >= 0.3 is 0 Å². The minimum absolute atomic E-state index is 0.0651. The summed E-state index contributed by atoms with van der Waals surface area (Å²) in [6, 6.07) is 14.4. The summed E-state index contributed by atoms with van der Waals surface area (Å²) in [5, 5.41) is 3.00. The van der Waals surface area contributed by atoms with Crippen LogP contribution in [0.15, 0.2) is 42.5 Å². The summed E-state index contributed by atoms with van der Waals surface area (Å²) in [4.78, 5) is 16.6. The van der Waals surface area contributed by atoms with Crippen molar-refractivity contribution in [2.45, 2.75) is 26.7 Å². The van der Waals surface area contributed by atoms with E-state index < -0.39 is 0 Å². The Morgan fingerprint density at radius 2 is 1.96 bits per heavy atom. The number of hydrogen-bond acceptors (Lipinski definition) is 2. The molecule has 0 bridgehead atoms. The number of fused-ring (bicyclic) bond motifs is 1. The molecular formula is C20H23N3O. The van der Waals surface area contributed by atoms with Crippen molar-refractivity contribution in [1.82, 2.24) is 14.9 Å². The van der Waals surface area contributed by atoms with Crippen LogP contribution in [0.4, 0.5) is 0 Å². The number of hydrogen-bond donors (Lipinski definition) is 1. The van der Waals surface area contributed by atoms with Crippen LogP contribution in [-0.4, -0.2) is 22.0 Å². The smallest absolute Gasteiger partial charge is 0.224 e. The lowest BCUT2D eigenvalue weighted by Crippen LogP contribution is -2.27. The number of benzene rings is 2. The zero-order valence-electron chi connectivity index (χ0n) is 14.5. The topological polar surface area (TPSA) is 46.9 Å². The molecule has 0 radical (unpaired) electrons. The number of rotatable bonds is 5. The number of carbonyl (C=O) groups is 1. The molecule has 1 heterocycles. The zero-order chi connectivity index (χ0) is 17.1. The van der Waals surface area contributed by atoms with Crippen molar-refractivity contribution in [1.29, 1.82) is 0 Å². The van der Waals surface area contributed by atoms with Crippen LogP contribution in [-0.2, 0) is 24.7 Å². The van der Waals surface area contributed by atoms with Gasteiger partial charge in [-0.05, 0) is 43.5 Å². The maximum absolute atomic E-state index is 12.0. The van der Waals surface area contributed by atoms with E-state index in [9.17, 15) is 4.79 Å². The van der Waals surface area contributed by atoms with Crippen LogP contribution in [0, 0.1) is 13.8 Å². The SMILES string of the molecule is Cc1cccc(CC(=O)NCCc2ccc3c(c2)nc(C)n3C)c1. The molecule has 3 aromatic rings. The summed E-state index contributed by atoms with van der Waals surface area (Å²) in [6.07, 6.45) is 1.24. The van der Waals surface area contributed by atoms with Gasteiger partial charge in [0, 0.05) is 13.6 Å². The Balaban J connectivity index is 1.55. The van der Waals surface area contributed by atoms with Crippen molar-refractivity contribution in [3.63, 3.8) is 0 Å². The molecule has 3 rings (SSSR count). The molecule has 0 unspecified atom stereocenters. The second-order valence-electron chi connectivity index (χ2n) is 6.31. The fourth-order valence-corrected chi connectivity index (χ4v) is 2.94. The zero-order valence-corrected chi connectivity index (χ0v) is 14.5. The van der Waals surface area contributed by atoms with Gasteiger partial charge in [-0.25, -0.2) is 4.98 Å². The van der Waals surface area contributed by atoms with E-state index in [2.05, 4.69) is 39.1 Å². The third kappa shape index (κ3) is 3.65. The van der Waals surface area contributed by atoms with Crippen molar-refractivity contribution in [2.24, 2.45) is 7.05 Å². The molecule has 0 aliphatic carbocycles. The summed E-state index contributed by atoms with van der Waals surface area (Å²) in [5.41, 5.74) is 5.58. The summed E-state index contributed by atoms with van der Waals surface area (Å²) >= 11 is 0. The maximum Gasteiger partial charge on any atom is 0.224 e. The third-order valence-electron chi connectivity index (χ3n) is 4.35. The van der Waals surface area contributed by atoms with E-state index in [1.54, 1.807) is 0 Å². The molecule has 0 saturated carbocycles. The minimum Gasteiger partial charge on any atom is -0.355 e. The molecule has 1 N–H and O–H groups in total. The van der Waals surface area contributed by atoms with Gasteiger partial charge in [0.1, 0.15) is 5.82 Å². The first-order valence-electron chi connectivity index (χ1n) is 8.27.